The molecule has 0 atom stereocenters. The van der Waals surface area contributed by atoms with Gasteiger partial charge in [-0.3, -0.25) is 14.4 Å². The molecular formula is C21H16F3N3O5S2. The number of carboxylic acids is 1. The van der Waals surface area contributed by atoms with Crippen molar-refractivity contribution >= 4 is 46.2 Å². The number of thiophene rings is 2. The second-order valence-corrected chi connectivity index (χ2v) is 8.74. The predicted molar refractivity (Wildman–Crippen MR) is 120 cm³/mol. The van der Waals surface area contributed by atoms with Gasteiger partial charge in [0, 0.05) is 5.38 Å². The van der Waals surface area contributed by atoms with Gasteiger partial charge in [0.1, 0.15) is 12.3 Å². The van der Waals surface area contributed by atoms with E-state index in [-0.39, 0.29) is 21.2 Å². The minimum Gasteiger partial charge on any atom is -0.506 e. The number of nitrogens with zero attached hydrogens (tertiary/aromatic N) is 1. The van der Waals surface area contributed by atoms with E-state index in [0.717, 1.165) is 34.8 Å². The van der Waals surface area contributed by atoms with Crippen molar-refractivity contribution in [3.8, 4) is 16.2 Å². The molecule has 4 N–H and O–H groups in total. The van der Waals surface area contributed by atoms with Crippen LogP contribution in [-0.2, 0) is 11.0 Å². The van der Waals surface area contributed by atoms with Crippen molar-refractivity contribution in [2.24, 2.45) is 5.10 Å². The molecule has 0 fully saturated rings. The fourth-order valence-electron chi connectivity index (χ4n) is 2.70. The van der Waals surface area contributed by atoms with Crippen LogP contribution in [0.25, 0.3) is 10.4 Å². The first-order chi connectivity index (χ1) is 16.0. The summed E-state index contributed by atoms with van der Waals surface area (Å²) in [6, 6.07) is 7.11. The van der Waals surface area contributed by atoms with E-state index in [1.807, 2.05) is 0 Å². The normalized spacial score (nSPS) is 11.8. The summed E-state index contributed by atoms with van der Waals surface area (Å²) in [6.45, 7) is 0.970. The van der Waals surface area contributed by atoms with Crippen LogP contribution in [-0.4, -0.2) is 40.3 Å². The molecule has 2 heterocycles. The second kappa shape index (κ2) is 10.1. The Balaban J connectivity index is 1.69. The molecule has 0 spiro atoms. The number of carboxylic acid groups (broad SMARTS) is 1. The maximum atomic E-state index is 12.8. The van der Waals surface area contributed by atoms with Gasteiger partial charge in [-0.2, -0.15) is 18.3 Å². The average molecular weight is 512 g/mol. The number of hydrazone groups is 1. The minimum atomic E-state index is -4.46. The number of rotatable bonds is 7. The molecule has 0 unspecified atom stereocenters. The third-order valence-electron chi connectivity index (χ3n) is 4.41. The summed E-state index contributed by atoms with van der Waals surface area (Å²) in [7, 11) is 0. The molecule has 2 amide bonds. The zero-order valence-electron chi connectivity index (χ0n) is 17.3. The monoisotopic (exact) mass is 511 g/mol. The molecule has 3 rings (SSSR count). The summed E-state index contributed by atoms with van der Waals surface area (Å²) in [6.07, 6.45) is -4.46. The van der Waals surface area contributed by atoms with E-state index in [4.69, 9.17) is 5.11 Å². The highest BCUT2D eigenvalue weighted by molar-refractivity contribution is 7.16. The summed E-state index contributed by atoms with van der Waals surface area (Å²) in [4.78, 5) is 35.3. The van der Waals surface area contributed by atoms with E-state index in [1.54, 1.807) is 5.38 Å². The van der Waals surface area contributed by atoms with E-state index in [9.17, 15) is 32.7 Å². The van der Waals surface area contributed by atoms with Crippen molar-refractivity contribution in [3.63, 3.8) is 0 Å². The molecule has 8 nitrogen and oxygen atoms in total. The Hall–Kier alpha value is -3.71. The topological polar surface area (TPSA) is 128 Å². The van der Waals surface area contributed by atoms with E-state index in [1.165, 1.54) is 31.2 Å². The van der Waals surface area contributed by atoms with Crippen molar-refractivity contribution in [3.05, 3.63) is 62.7 Å². The van der Waals surface area contributed by atoms with Crippen molar-refractivity contribution in [2.75, 3.05) is 6.54 Å². The number of aromatic hydroxyl groups is 1. The Morgan fingerprint density at radius 3 is 2.24 bits per heavy atom. The van der Waals surface area contributed by atoms with E-state index >= 15 is 0 Å². The van der Waals surface area contributed by atoms with Gasteiger partial charge < -0.3 is 15.5 Å². The number of benzene rings is 1. The van der Waals surface area contributed by atoms with Crippen molar-refractivity contribution < 1.29 is 37.8 Å². The van der Waals surface area contributed by atoms with Gasteiger partial charge in [-0.25, -0.2) is 5.43 Å². The van der Waals surface area contributed by atoms with Crippen LogP contribution >= 0.6 is 22.7 Å². The maximum absolute atomic E-state index is 12.8. The smallest absolute Gasteiger partial charge is 0.416 e. The molecule has 0 saturated heterocycles. The molecule has 2 aromatic heterocycles. The number of hydrogen-bond acceptors (Lipinski definition) is 7. The van der Waals surface area contributed by atoms with Crippen LogP contribution in [0.15, 0.2) is 46.9 Å². The van der Waals surface area contributed by atoms with Crippen LogP contribution < -0.4 is 10.7 Å². The van der Waals surface area contributed by atoms with Crippen LogP contribution in [0.2, 0.25) is 0 Å². The summed E-state index contributed by atoms with van der Waals surface area (Å²) in [5.41, 5.74) is 2.43. The third-order valence-corrected chi connectivity index (χ3v) is 6.51. The van der Waals surface area contributed by atoms with Gasteiger partial charge >= 0.3 is 12.1 Å². The number of alkyl halides is 3. The van der Waals surface area contributed by atoms with Crippen LogP contribution in [0, 0.1) is 0 Å². The lowest BCUT2D eigenvalue weighted by Gasteiger charge is -2.07. The SMILES string of the molecule is C/C(=N\NC(=O)c1ccc(C(=O)NCC(=O)O)s1)c1csc(-c2ccc(C(F)(F)F)cc2)c1O. The van der Waals surface area contributed by atoms with Gasteiger partial charge in [-0.05, 0) is 36.8 Å². The summed E-state index contributed by atoms with van der Waals surface area (Å²) >= 11 is 1.95. The highest BCUT2D eigenvalue weighted by atomic mass is 32.1. The van der Waals surface area contributed by atoms with E-state index in [0.29, 0.717) is 16.0 Å². The zero-order valence-corrected chi connectivity index (χ0v) is 18.9. The van der Waals surface area contributed by atoms with Crippen LogP contribution in [0.3, 0.4) is 0 Å². The minimum absolute atomic E-state index is 0.142. The highest BCUT2D eigenvalue weighted by Crippen LogP contribution is 2.40. The average Bonchev–Trinajstić information content (AvgIpc) is 3.42. The summed E-state index contributed by atoms with van der Waals surface area (Å²) in [5.74, 6) is -2.65. The van der Waals surface area contributed by atoms with Gasteiger partial charge in [-0.1, -0.05) is 12.1 Å². The van der Waals surface area contributed by atoms with Crippen molar-refractivity contribution in [1.29, 1.82) is 0 Å². The molecule has 13 heteroatoms. The standard InChI is InChI=1S/C21H16F3N3O5S2/c1-10(26-27-20(32)15-7-6-14(34-15)19(31)25-8-16(28)29)13-9-33-18(17(13)30)11-2-4-12(5-3-11)21(22,23)24/h2-7,9,30H,8H2,1H3,(H,25,31)(H,27,32)(H,28,29)/b26-10+. The van der Waals surface area contributed by atoms with Gasteiger partial charge in [0.05, 0.1) is 31.5 Å². The molecule has 1 aromatic carbocycles. The lowest BCUT2D eigenvalue weighted by molar-refractivity contribution is -0.137. The molecule has 34 heavy (non-hydrogen) atoms. The zero-order chi connectivity index (χ0) is 25.0. The predicted octanol–water partition coefficient (Wildman–Crippen LogP) is 4.17. The van der Waals surface area contributed by atoms with Gasteiger partial charge in [-0.15, -0.1) is 22.7 Å². The number of nitrogens with one attached hydrogen (secondary N) is 2. The highest BCUT2D eigenvalue weighted by Gasteiger charge is 2.30. The Morgan fingerprint density at radius 2 is 1.65 bits per heavy atom. The molecule has 3 aromatic rings. The number of halogens is 3. The van der Waals surface area contributed by atoms with E-state index < -0.39 is 36.1 Å². The van der Waals surface area contributed by atoms with Gasteiger partial charge in [0.25, 0.3) is 11.8 Å². The first-order valence-electron chi connectivity index (χ1n) is 9.40. The van der Waals surface area contributed by atoms with Gasteiger partial charge in [0.15, 0.2) is 0 Å². The Bertz CT molecular complexity index is 1260. The molecule has 0 aliphatic heterocycles. The molecule has 0 radical (unpaired) electrons. The lowest BCUT2D eigenvalue weighted by atomic mass is 10.1. The molecular weight excluding hydrogens is 495 g/mol. The first kappa shape index (κ1) is 24.9. The number of aliphatic carboxylic acids is 1. The third kappa shape index (κ3) is 5.80. The molecule has 0 saturated carbocycles. The Kier molecular flexibility index (Phi) is 7.37. The fourth-order valence-corrected chi connectivity index (χ4v) is 4.52. The number of carbonyl (C=O) groups is 3. The Morgan fingerprint density at radius 1 is 1.03 bits per heavy atom. The van der Waals surface area contributed by atoms with Crippen LogP contribution in [0.1, 0.15) is 37.4 Å². The summed E-state index contributed by atoms with van der Waals surface area (Å²) in [5, 5.41) is 26.8. The lowest BCUT2D eigenvalue weighted by Crippen LogP contribution is -2.28. The molecule has 178 valence electrons. The first-order valence-corrected chi connectivity index (χ1v) is 11.1. The quantitative estimate of drug-likeness (QED) is 0.280. The Labute approximate surface area is 198 Å². The van der Waals surface area contributed by atoms with Crippen LogP contribution in [0.4, 0.5) is 13.2 Å². The molecule has 0 bridgehead atoms. The number of hydrogen-bond donors (Lipinski definition) is 4. The number of amides is 2. The maximum Gasteiger partial charge on any atom is 0.416 e. The van der Waals surface area contributed by atoms with Gasteiger partial charge in [0.2, 0.25) is 0 Å². The number of carbonyl (C=O) groups excluding carboxylic acids is 2. The van der Waals surface area contributed by atoms with Crippen molar-refractivity contribution in [1.82, 2.24) is 10.7 Å². The van der Waals surface area contributed by atoms with Crippen LogP contribution in [0.5, 0.6) is 5.75 Å². The second-order valence-electron chi connectivity index (χ2n) is 6.78. The molecule has 0 aliphatic rings. The fraction of sp³-hybridized carbons (Fsp3) is 0.143. The summed E-state index contributed by atoms with van der Waals surface area (Å²) < 4.78 is 38.3. The largest absolute Gasteiger partial charge is 0.506 e. The van der Waals surface area contributed by atoms with Crippen molar-refractivity contribution in [2.45, 2.75) is 13.1 Å². The van der Waals surface area contributed by atoms with E-state index in [2.05, 4.69) is 15.8 Å². The molecule has 0 aliphatic carbocycles.